The Kier molecular flexibility index (Phi) is 3.82. The Labute approximate surface area is 68.6 Å². The SMILES string of the molecule is CC(CC(=O)[C@H](N)C(=O)O)=[N+]=[N-]. The van der Waals surface area contributed by atoms with Gasteiger partial charge in [-0.25, -0.2) is 0 Å². The minimum Gasteiger partial charge on any atom is -0.480 e. The fourth-order valence-electron chi connectivity index (χ4n) is 0.535. The summed E-state index contributed by atoms with van der Waals surface area (Å²) in [4.78, 5) is 23.7. The molecule has 6 nitrogen and oxygen atoms in total. The number of nitrogens with zero attached hydrogens (tertiary/aromatic N) is 2. The molecule has 0 saturated heterocycles. The Bertz CT molecular complexity index is 255. The van der Waals surface area contributed by atoms with Gasteiger partial charge in [-0.3, -0.25) is 9.59 Å². The standard InChI is InChI=1S/C6H9N3O3/c1-3(9-8)2-4(10)5(7)6(11)12/h5H,2,7H2,1H3,(H,11,12)/t5-/m0/s1. The third-order valence-corrected chi connectivity index (χ3v) is 1.21. The largest absolute Gasteiger partial charge is 0.480 e. The molecule has 0 aromatic rings. The van der Waals surface area contributed by atoms with Crippen molar-refractivity contribution in [2.24, 2.45) is 5.73 Å². The number of carbonyl (C=O) groups is 2. The van der Waals surface area contributed by atoms with E-state index < -0.39 is 17.8 Å². The second kappa shape index (κ2) is 4.38. The van der Waals surface area contributed by atoms with E-state index in [-0.39, 0.29) is 12.1 Å². The Morgan fingerprint density at radius 2 is 2.17 bits per heavy atom. The summed E-state index contributed by atoms with van der Waals surface area (Å²) >= 11 is 0. The van der Waals surface area contributed by atoms with E-state index in [0.29, 0.717) is 0 Å². The van der Waals surface area contributed by atoms with Crippen LogP contribution in [0.4, 0.5) is 0 Å². The van der Waals surface area contributed by atoms with Crippen molar-refractivity contribution in [1.82, 2.24) is 0 Å². The maximum absolute atomic E-state index is 10.9. The Hall–Kier alpha value is -1.52. The molecule has 0 aromatic heterocycles. The topological polar surface area (TPSA) is 117 Å². The number of carboxylic acids is 1. The van der Waals surface area contributed by atoms with Crippen LogP contribution in [0.3, 0.4) is 0 Å². The Morgan fingerprint density at radius 1 is 1.67 bits per heavy atom. The highest BCUT2D eigenvalue weighted by Crippen LogP contribution is 1.90. The Morgan fingerprint density at radius 3 is 2.50 bits per heavy atom. The lowest BCUT2D eigenvalue weighted by molar-refractivity contribution is -0.142. The van der Waals surface area contributed by atoms with Crippen LogP contribution < -0.4 is 5.73 Å². The van der Waals surface area contributed by atoms with Crippen molar-refractivity contribution in [3.8, 4) is 0 Å². The van der Waals surface area contributed by atoms with Crippen LogP contribution in [0.15, 0.2) is 0 Å². The molecule has 66 valence electrons. The number of ketones is 1. The molecule has 0 rings (SSSR count). The fourth-order valence-corrected chi connectivity index (χ4v) is 0.535. The maximum Gasteiger partial charge on any atom is 0.328 e. The highest BCUT2D eigenvalue weighted by molar-refractivity contribution is 6.09. The van der Waals surface area contributed by atoms with Gasteiger partial charge in [0.2, 0.25) is 0 Å². The summed E-state index contributed by atoms with van der Waals surface area (Å²) in [6.07, 6.45) is -0.246. The summed E-state index contributed by atoms with van der Waals surface area (Å²) < 4.78 is 0. The number of hydrogen-bond acceptors (Lipinski definition) is 3. The predicted octanol–water partition coefficient (Wildman–Crippen LogP) is -0.952. The third-order valence-electron chi connectivity index (χ3n) is 1.21. The average molecular weight is 171 g/mol. The number of nitrogens with two attached hydrogens (primary N) is 1. The summed E-state index contributed by atoms with van der Waals surface area (Å²) in [6, 6.07) is -1.54. The maximum atomic E-state index is 10.9. The normalized spacial score (nSPS) is 11.5. The number of carbonyl (C=O) groups excluding carboxylic acids is 1. The van der Waals surface area contributed by atoms with E-state index in [1.807, 2.05) is 0 Å². The molecule has 0 unspecified atom stereocenters. The van der Waals surface area contributed by atoms with Crippen LogP contribution in [0, 0.1) is 0 Å². The second-order valence-corrected chi connectivity index (χ2v) is 2.29. The van der Waals surface area contributed by atoms with Crippen LogP contribution in [0.2, 0.25) is 0 Å². The van der Waals surface area contributed by atoms with Gasteiger partial charge < -0.3 is 16.4 Å². The average Bonchev–Trinajstić information content (AvgIpc) is 2.02. The molecular formula is C6H9N3O3. The van der Waals surface area contributed by atoms with Gasteiger partial charge in [-0.1, -0.05) is 0 Å². The molecule has 12 heavy (non-hydrogen) atoms. The Balaban J connectivity index is 4.23. The van der Waals surface area contributed by atoms with Crippen LogP contribution in [0.5, 0.6) is 0 Å². The van der Waals surface area contributed by atoms with Crippen molar-refractivity contribution in [1.29, 1.82) is 0 Å². The molecule has 0 saturated carbocycles. The second-order valence-electron chi connectivity index (χ2n) is 2.29. The minimum atomic E-state index is -1.54. The van der Waals surface area contributed by atoms with Gasteiger partial charge in [0.05, 0.1) is 0 Å². The lowest BCUT2D eigenvalue weighted by Gasteiger charge is -2.00. The zero-order valence-electron chi connectivity index (χ0n) is 6.52. The van der Waals surface area contributed by atoms with Gasteiger partial charge in [0.25, 0.3) is 5.71 Å². The molecule has 0 radical (unpaired) electrons. The van der Waals surface area contributed by atoms with Crippen molar-refractivity contribution in [2.75, 3.05) is 0 Å². The van der Waals surface area contributed by atoms with E-state index in [0.717, 1.165) is 0 Å². The van der Waals surface area contributed by atoms with Crippen molar-refractivity contribution >= 4 is 17.5 Å². The molecule has 0 heterocycles. The zero-order chi connectivity index (χ0) is 9.72. The molecule has 0 aliphatic heterocycles. The van der Waals surface area contributed by atoms with E-state index in [9.17, 15) is 9.59 Å². The van der Waals surface area contributed by atoms with Gasteiger partial charge in [-0.15, -0.1) is 0 Å². The molecule has 0 fully saturated rings. The molecule has 3 N–H and O–H groups in total. The molecular weight excluding hydrogens is 162 g/mol. The van der Waals surface area contributed by atoms with Gasteiger partial charge in [-0.05, 0) is 0 Å². The van der Waals surface area contributed by atoms with E-state index >= 15 is 0 Å². The van der Waals surface area contributed by atoms with Crippen LogP contribution in [0.1, 0.15) is 13.3 Å². The number of Topliss-reactive ketones (excluding diaryl/α,β-unsaturated/α-hetero) is 1. The van der Waals surface area contributed by atoms with Gasteiger partial charge in [0.15, 0.2) is 11.8 Å². The highest BCUT2D eigenvalue weighted by Gasteiger charge is 2.23. The first kappa shape index (κ1) is 10.5. The van der Waals surface area contributed by atoms with E-state index in [4.69, 9.17) is 16.4 Å². The quantitative estimate of drug-likeness (QED) is 0.245. The van der Waals surface area contributed by atoms with Crippen LogP contribution in [-0.4, -0.2) is 33.4 Å². The van der Waals surface area contributed by atoms with E-state index in [1.165, 1.54) is 6.92 Å². The molecule has 0 aliphatic rings. The van der Waals surface area contributed by atoms with Crippen LogP contribution in [0.25, 0.3) is 5.53 Å². The van der Waals surface area contributed by atoms with E-state index in [1.54, 1.807) is 0 Å². The molecule has 0 aromatic carbocycles. The number of hydrogen-bond donors (Lipinski definition) is 2. The zero-order valence-corrected chi connectivity index (χ0v) is 6.52. The smallest absolute Gasteiger partial charge is 0.328 e. The predicted molar refractivity (Wildman–Crippen MR) is 39.5 cm³/mol. The van der Waals surface area contributed by atoms with Crippen molar-refractivity contribution in [3.63, 3.8) is 0 Å². The highest BCUT2D eigenvalue weighted by atomic mass is 16.4. The van der Waals surface area contributed by atoms with E-state index in [2.05, 4.69) is 4.79 Å². The summed E-state index contributed by atoms with van der Waals surface area (Å²) in [5.74, 6) is -2.07. The monoisotopic (exact) mass is 171 g/mol. The number of aliphatic carboxylic acids is 1. The van der Waals surface area contributed by atoms with Crippen molar-refractivity contribution in [2.45, 2.75) is 19.4 Å². The fraction of sp³-hybridized carbons (Fsp3) is 0.500. The van der Waals surface area contributed by atoms with Crippen LogP contribution >= 0.6 is 0 Å². The first-order valence-electron chi connectivity index (χ1n) is 3.17. The third kappa shape index (κ3) is 3.05. The molecule has 0 bridgehead atoms. The number of rotatable bonds is 4. The number of carboxylic acid groups (broad SMARTS) is 1. The van der Waals surface area contributed by atoms with Crippen molar-refractivity contribution < 1.29 is 19.5 Å². The molecule has 0 amide bonds. The first-order valence-corrected chi connectivity index (χ1v) is 3.17. The van der Waals surface area contributed by atoms with Crippen LogP contribution in [-0.2, 0) is 9.59 Å². The minimum absolute atomic E-state index is 0.136. The first-order chi connectivity index (χ1) is 5.49. The lowest BCUT2D eigenvalue weighted by Crippen LogP contribution is -2.39. The summed E-state index contributed by atoms with van der Waals surface area (Å²) in [5, 5.41) is 8.29. The molecule has 1 atom stereocenters. The van der Waals surface area contributed by atoms with Gasteiger partial charge in [0, 0.05) is 6.92 Å². The summed E-state index contributed by atoms with van der Waals surface area (Å²) in [7, 11) is 0. The molecule has 0 spiro atoms. The molecule has 6 heteroatoms. The van der Waals surface area contributed by atoms with Gasteiger partial charge in [0.1, 0.15) is 6.42 Å². The summed E-state index contributed by atoms with van der Waals surface area (Å²) in [5.41, 5.74) is 13.3. The van der Waals surface area contributed by atoms with Gasteiger partial charge >= 0.3 is 5.97 Å². The lowest BCUT2D eigenvalue weighted by atomic mass is 10.1. The summed E-state index contributed by atoms with van der Waals surface area (Å²) in [6.45, 7) is 1.40. The van der Waals surface area contributed by atoms with Crippen molar-refractivity contribution in [3.05, 3.63) is 5.53 Å². The molecule has 0 aliphatic carbocycles. The van der Waals surface area contributed by atoms with Gasteiger partial charge in [-0.2, -0.15) is 4.79 Å².